The number of hydrogen-bond acceptors (Lipinski definition) is 6. The fraction of sp³-hybridized carbons (Fsp3) is 0.652. The molecule has 10 nitrogen and oxygen atoms in total. The number of nitrogens with one attached hydrogen (secondary N) is 1. The lowest BCUT2D eigenvalue weighted by Gasteiger charge is -2.38. The Morgan fingerprint density at radius 1 is 1.09 bits per heavy atom. The third-order valence-electron chi connectivity index (χ3n) is 6.63. The van der Waals surface area contributed by atoms with Crippen LogP contribution in [0.25, 0.3) is 0 Å². The summed E-state index contributed by atoms with van der Waals surface area (Å²) < 4.78 is 34.3. The number of nitrogens with zero attached hydrogens (tertiary/aromatic N) is 4. The van der Waals surface area contributed by atoms with Gasteiger partial charge < -0.3 is 15.0 Å². The molecular formula is C23H37N5O5S. The van der Waals surface area contributed by atoms with Crippen LogP contribution < -0.4 is 10.1 Å². The highest BCUT2D eigenvalue weighted by Gasteiger charge is 2.35. The van der Waals surface area contributed by atoms with Crippen LogP contribution in [-0.2, 0) is 19.8 Å². The lowest BCUT2D eigenvalue weighted by atomic mass is 9.96. The second kappa shape index (κ2) is 12.0. The summed E-state index contributed by atoms with van der Waals surface area (Å²) >= 11 is 0. The van der Waals surface area contributed by atoms with Crippen LogP contribution in [0.4, 0.5) is 5.69 Å². The maximum absolute atomic E-state index is 13.0. The van der Waals surface area contributed by atoms with Crippen LogP contribution in [0.2, 0.25) is 0 Å². The standard InChI is InChI=1S/C23H37N5O5S/c1-25(17-22(29)24-19-8-7-11-21(16-19)33-3)23(30)18-27-12-14-28(15-13-27)34(31,32)26(2)20-9-5-4-6-10-20/h7-8,11,16,20H,4-6,9-10,12-15,17-18H2,1-3H3,(H,24,29). The molecule has 1 aromatic carbocycles. The summed E-state index contributed by atoms with van der Waals surface area (Å²) in [6, 6.07) is 7.09. The second-order valence-corrected chi connectivity index (χ2v) is 11.0. The lowest BCUT2D eigenvalue weighted by Crippen LogP contribution is -2.55. The summed E-state index contributed by atoms with van der Waals surface area (Å²) in [5.74, 6) is 0.149. The van der Waals surface area contributed by atoms with E-state index < -0.39 is 10.2 Å². The number of ether oxygens (including phenoxy) is 1. The van der Waals surface area contributed by atoms with Crippen LogP contribution in [-0.4, -0.2) is 105 Å². The van der Waals surface area contributed by atoms with Crippen molar-refractivity contribution in [3.8, 4) is 5.75 Å². The van der Waals surface area contributed by atoms with Gasteiger partial charge in [-0.25, -0.2) is 0 Å². The quantitative estimate of drug-likeness (QED) is 0.553. The fourth-order valence-electron chi connectivity index (χ4n) is 4.45. The minimum Gasteiger partial charge on any atom is -0.497 e. The van der Waals surface area contributed by atoms with E-state index in [1.54, 1.807) is 49.8 Å². The Hall–Kier alpha value is -2.21. The van der Waals surface area contributed by atoms with E-state index in [0.29, 0.717) is 37.6 Å². The predicted molar refractivity (Wildman–Crippen MR) is 131 cm³/mol. The molecule has 1 aromatic rings. The van der Waals surface area contributed by atoms with Crippen molar-refractivity contribution in [3.05, 3.63) is 24.3 Å². The van der Waals surface area contributed by atoms with Gasteiger partial charge in [0, 0.05) is 58.1 Å². The molecule has 2 aliphatic rings. The van der Waals surface area contributed by atoms with Gasteiger partial charge in [-0.3, -0.25) is 14.5 Å². The summed E-state index contributed by atoms with van der Waals surface area (Å²) in [5, 5.41) is 2.76. The molecule has 2 amide bonds. The molecule has 0 radical (unpaired) electrons. The molecule has 34 heavy (non-hydrogen) atoms. The van der Waals surface area contributed by atoms with Gasteiger partial charge in [0.25, 0.3) is 10.2 Å². The van der Waals surface area contributed by atoms with Crippen molar-refractivity contribution in [3.63, 3.8) is 0 Å². The number of rotatable bonds is 9. The van der Waals surface area contributed by atoms with Crippen molar-refractivity contribution >= 4 is 27.7 Å². The van der Waals surface area contributed by atoms with E-state index in [0.717, 1.165) is 25.7 Å². The van der Waals surface area contributed by atoms with Gasteiger partial charge in [0.1, 0.15) is 5.75 Å². The number of hydrogen-bond donors (Lipinski definition) is 1. The van der Waals surface area contributed by atoms with E-state index in [2.05, 4.69) is 5.32 Å². The molecular weight excluding hydrogens is 458 g/mol. The summed E-state index contributed by atoms with van der Waals surface area (Å²) in [7, 11) is 1.33. The fourth-order valence-corrected chi connectivity index (χ4v) is 6.03. The van der Waals surface area contributed by atoms with E-state index in [-0.39, 0.29) is 30.9 Å². The Labute approximate surface area is 203 Å². The first-order valence-electron chi connectivity index (χ1n) is 11.8. The number of amides is 2. The van der Waals surface area contributed by atoms with Crippen LogP contribution in [0.5, 0.6) is 5.75 Å². The van der Waals surface area contributed by atoms with E-state index in [1.165, 1.54) is 15.6 Å². The molecule has 1 saturated carbocycles. The molecule has 0 unspecified atom stereocenters. The smallest absolute Gasteiger partial charge is 0.282 e. The first-order valence-corrected chi connectivity index (χ1v) is 13.2. The highest BCUT2D eigenvalue weighted by molar-refractivity contribution is 7.86. The third kappa shape index (κ3) is 6.91. The van der Waals surface area contributed by atoms with Crippen LogP contribution in [0, 0.1) is 0 Å². The van der Waals surface area contributed by atoms with Crippen LogP contribution in [0.15, 0.2) is 24.3 Å². The Morgan fingerprint density at radius 3 is 2.41 bits per heavy atom. The topological polar surface area (TPSA) is 102 Å². The van der Waals surface area contributed by atoms with Gasteiger partial charge in [0.2, 0.25) is 11.8 Å². The van der Waals surface area contributed by atoms with E-state index in [1.807, 2.05) is 4.90 Å². The molecule has 11 heteroatoms. The summed E-state index contributed by atoms with van der Waals surface area (Å²) in [6.07, 6.45) is 5.16. The SMILES string of the molecule is COc1cccc(NC(=O)CN(C)C(=O)CN2CCN(S(=O)(=O)N(C)C3CCCCC3)CC2)c1. The molecule has 1 heterocycles. The zero-order chi connectivity index (χ0) is 24.7. The van der Waals surface area contributed by atoms with Crippen LogP contribution in [0.3, 0.4) is 0 Å². The van der Waals surface area contributed by atoms with Gasteiger partial charge in [-0.15, -0.1) is 0 Å². The molecule has 2 fully saturated rings. The number of anilines is 1. The molecule has 1 saturated heterocycles. The number of piperazine rings is 1. The molecule has 190 valence electrons. The maximum Gasteiger partial charge on any atom is 0.282 e. The van der Waals surface area contributed by atoms with Crippen LogP contribution in [0.1, 0.15) is 32.1 Å². The van der Waals surface area contributed by atoms with Crippen LogP contribution >= 0.6 is 0 Å². The van der Waals surface area contributed by atoms with Crippen molar-refractivity contribution in [2.45, 2.75) is 38.1 Å². The van der Waals surface area contributed by atoms with Gasteiger partial charge in [-0.2, -0.15) is 17.0 Å². The van der Waals surface area contributed by atoms with Gasteiger partial charge in [-0.1, -0.05) is 25.3 Å². The average molecular weight is 496 g/mol. The number of benzene rings is 1. The molecule has 1 aliphatic carbocycles. The highest BCUT2D eigenvalue weighted by Crippen LogP contribution is 2.25. The normalized spacial score (nSPS) is 18.6. The minimum atomic E-state index is -3.50. The first-order chi connectivity index (χ1) is 16.2. The van der Waals surface area contributed by atoms with Gasteiger partial charge in [-0.05, 0) is 25.0 Å². The predicted octanol–water partition coefficient (Wildman–Crippen LogP) is 1.22. The minimum absolute atomic E-state index is 0.0728. The van der Waals surface area contributed by atoms with Gasteiger partial charge in [0.15, 0.2) is 0 Å². The molecule has 0 atom stereocenters. The molecule has 1 aliphatic heterocycles. The molecule has 0 spiro atoms. The number of carbonyl (C=O) groups is 2. The van der Waals surface area contributed by atoms with E-state index in [4.69, 9.17) is 4.74 Å². The number of likely N-dealkylation sites (N-methyl/N-ethyl adjacent to an activating group) is 1. The second-order valence-electron chi connectivity index (χ2n) is 9.02. The zero-order valence-electron chi connectivity index (χ0n) is 20.4. The summed E-state index contributed by atoms with van der Waals surface area (Å²) in [6.45, 7) is 1.74. The van der Waals surface area contributed by atoms with Gasteiger partial charge >= 0.3 is 0 Å². The van der Waals surface area contributed by atoms with E-state index in [9.17, 15) is 18.0 Å². The van der Waals surface area contributed by atoms with Crippen molar-refractivity contribution in [1.82, 2.24) is 18.4 Å². The molecule has 1 N–H and O–H groups in total. The highest BCUT2D eigenvalue weighted by atomic mass is 32.2. The Balaban J connectivity index is 1.44. The lowest BCUT2D eigenvalue weighted by molar-refractivity contribution is -0.134. The van der Waals surface area contributed by atoms with Crippen molar-refractivity contribution in [2.75, 3.05) is 65.8 Å². The molecule has 0 bridgehead atoms. The zero-order valence-corrected chi connectivity index (χ0v) is 21.2. The third-order valence-corrected chi connectivity index (χ3v) is 8.67. The van der Waals surface area contributed by atoms with Gasteiger partial charge in [0.05, 0.1) is 20.2 Å². The monoisotopic (exact) mass is 495 g/mol. The molecule has 0 aromatic heterocycles. The Bertz CT molecular complexity index is 943. The van der Waals surface area contributed by atoms with Crippen molar-refractivity contribution in [1.29, 1.82) is 0 Å². The van der Waals surface area contributed by atoms with Crippen molar-refractivity contribution < 1.29 is 22.7 Å². The largest absolute Gasteiger partial charge is 0.497 e. The number of carbonyl (C=O) groups excluding carboxylic acids is 2. The summed E-state index contributed by atoms with van der Waals surface area (Å²) in [5.41, 5.74) is 0.598. The first kappa shape index (κ1) is 26.4. The van der Waals surface area contributed by atoms with Crippen molar-refractivity contribution in [2.24, 2.45) is 0 Å². The number of methoxy groups -OCH3 is 1. The average Bonchev–Trinajstić information content (AvgIpc) is 2.84. The summed E-state index contributed by atoms with van der Waals surface area (Å²) in [4.78, 5) is 28.3. The van der Waals surface area contributed by atoms with E-state index >= 15 is 0 Å². The maximum atomic E-state index is 13.0. The Kier molecular flexibility index (Phi) is 9.29. The molecule has 3 rings (SSSR count). The Morgan fingerprint density at radius 2 is 1.76 bits per heavy atom.